The summed E-state index contributed by atoms with van der Waals surface area (Å²) in [6.07, 6.45) is -5.33. The summed E-state index contributed by atoms with van der Waals surface area (Å²) in [6, 6.07) is 7.44. The summed E-state index contributed by atoms with van der Waals surface area (Å²) in [6.45, 7) is 0.778. The van der Waals surface area contributed by atoms with Crippen molar-refractivity contribution in [1.82, 2.24) is 14.9 Å². The number of halogens is 3. The Labute approximate surface area is 142 Å². The largest absolute Gasteiger partial charge is 0.425 e. The molecule has 0 fully saturated rings. The maximum Gasteiger partial charge on any atom is 0.425 e. The van der Waals surface area contributed by atoms with Crippen molar-refractivity contribution in [3.63, 3.8) is 0 Å². The maximum absolute atomic E-state index is 13.8. The quantitative estimate of drug-likeness (QED) is 0.711. The summed E-state index contributed by atoms with van der Waals surface area (Å²) in [5.74, 6) is -3.51. The van der Waals surface area contributed by atoms with Crippen LogP contribution >= 0.6 is 0 Å². The molecule has 3 N–H and O–H groups in total. The number of nitrogens with one attached hydrogen (secondary N) is 3. The molecule has 2 aromatic rings. The van der Waals surface area contributed by atoms with Gasteiger partial charge >= 0.3 is 11.9 Å². The van der Waals surface area contributed by atoms with Crippen LogP contribution in [0.15, 0.2) is 39.9 Å². The van der Waals surface area contributed by atoms with Crippen molar-refractivity contribution >= 4 is 17.6 Å². The second kappa shape index (κ2) is 5.58. The summed E-state index contributed by atoms with van der Waals surface area (Å²) in [5.41, 5.74) is -7.06. The number of anilines is 1. The van der Waals surface area contributed by atoms with Gasteiger partial charge in [-0.3, -0.25) is 19.4 Å². The van der Waals surface area contributed by atoms with Crippen molar-refractivity contribution in [3.8, 4) is 5.69 Å². The minimum absolute atomic E-state index is 0.117. The van der Waals surface area contributed by atoms with Gasteiger partial charge in [0.25, 0.3) is 11.5 Å². The predicted octanol–water partition coefficient (Wildman–Crippen LogP) is 0.372. The van der Waals surface area contributed by atoms with Crippen LogP contribution in [-0.2, 0) is 15.1 Å². The molecule has 0 radical (unpaired) electrons. The van der Waals surface area contributed by atoms with Gasteiger partial charge in [-0.05, 0) is 12.1 Å². The molecule has 0 saturated heterocycles. The minimum Gasteiger partial charge on any atom is -0.331 e. The molecule has 0 saturated carbocycles. The van der Waals surface area contributed by atoms with Crippen molar-refractivity contribution < 1.29 is 22.8 Å². The van der Waals surface area contributed by atoms with E-state index in [0.29, 0.717) is 0 Å². The molecule has 0 aliphatic carbocycles. The van der Waals surface area contributed by atoms with Crippen LogP contribution < -0.4 is 21.9 Å². The number of nitrogens with zero attached hydrogens (tertiary/aromatic N) is 1. The molecule has 1 aliphatic heterocycles. The molecule has 1 aromatic heterocycles. The average Bonchev–Trinajstić information content (AvgIpc) is 2.81. The fraction of sp³-hybridized carbons (Fsp3) is 0.200. The lowest BCUT2D eigenvalue weighted by atomic mass is 9.92. The van der Waals surface area contributed by atoms with Gasteiger partial charge in [-0.2, -0.15) is 13.2 Å². The second-order valence-electron chi connectivity index (χ2n) is 5.54. The van der Waals surface area contributed by atoms with E-state index in [2.05, 4.69) is 0 Å². The zero-order valence-electron chi connectivity index (χ0n) is 13.1. The van der Waals surface area contributed by atoms with Crippen LogP contribution in [0.2, 0.25) is 0 Å². The first-order chi connectivity index (χ1) is 12.1. The van der Waals surface area contributed by atoms with Gasteiger partial charge in [0.1, 0.15) is 11.4 Å². The van der Waals surface area contributed by atoms with E-state index in [1.165, 1.54) is 29.6 Å². The second-order valence-corrected chi connectivity index (χ2v) is 5.54. The van der Waals surface area contributed by atoms with Crippen molar-refractivity contribution in [3.05, 3.63) is 56.7 Å². The molecule has 1 aromatic carbocycles. The van der Waals surface area contributed by atoms with Gasteiger partial charge in [-0.1, -0.05) is 18.2 Å². The highest BCUT2D eigenvalue weighted by molar-refractivity contribution is 6.07. The van der Waals surface area contributed by atoms with Gasteiger partial charge in [0.05, 0.1) is 5.69 Å². The zero-order chi connectivity index (χ0) is 19.3. The first kappa shape index (κ1) is 17.5. The number of para-hydroxylation sites is 1. The molecule has 1 atom stereocenters. The molecular weight excluding hydrogens is 357 g/mol. The number of amides is 2. The number of benzene rings is 1. The Morgan fingerprint density at radius 3 is 2.31 bits per heavy atom. The normalized spacial score (nSPS) is 19.0. The number of aromatic amines is 1. The van der Waals surface area contributed by atoms with Crippen LogP contribution in [0.25, 0.3) is 5.69 Å². The number of carbonyl (C=O) groups is 2. The highest BCUT2D eigenvalue weighted by Crippen LogP contribution is 2.45. The fourth-order valence-corrected chi connectivity index (χ4v) is 2.87. The van der Waals surface area contributed by atoms with Crippen LogP contribution in [0.3, 0.4) is 0 Å². The topological polar surface area (TPSA) is 113 Å². The van der Waals surface area contributed by atoms with E-state index < -0.39 is 46.2 Å². The molecule has 8 nitrogen and oxygen atoms in total. The summed E-state index contributed by atoms with van der Waals surface area (Å²) in [5, 5.41) is 3.45. The van der Waals surface area contributed by atoms with E-state index >= 15 is 0 Å². The Balaban J connectivity index is 2.44. The van der Waals surface area contributed by atoms with E-state index in [-0.39, 0.29) is 5.69 Å². The standard InChI is InChI=1S/C15H11F3N4O4/c1-7(23)21-14(15(16,17)18)9-10(19-12(14)25)22(13(26)20-11(9)24)8-5-3-2-4-6-8/h2-6H,1H3,(H,19,25)(H,21,23)(H,20,24,26)/t14-/m1/s1. The molecule has 2 heterocycles. The van der Waals surface area contributed by atoms with E-state index in [1.807, 2.05) is 5.32 Å². The van der Waals surface area contributed by atoms with Crippen LogP contribution in [0.5, 0.6) is 0 Å². The number of fused-ring (bicyclic) bond motifs is 1. The molecule has 0 unspecified atom stereocenters. The first-order valence-corrected chi connectivity index (χ1v) is 7.21. The Morgan fingerprint density at radius 1 is 1.15 bits per heavy atom. The first-order valence-electron chi connectivity index (χ1n) is 7.21. The van der Waals surface area contributed by atoms with Gasteiger partial charge in [0.15, 0.2) is 0 Å². The number of carbonyl (C=O) groups excluding carboxylic acids is 2. The van der Waals surface area contributed by atoms with Crippen molar-refractivity contribution in [1.29, 1.82) is 0 Å². The molecule has 26 heavy (non-hydrogen) atoms. The van der Waals surface area contributed by atoms with Crippen molar-refractivity contribution in [2.75, 3.05) is 5.32 Å². The number of hydrogen-bond acceptors (Lipinski definition) is 4. The Hall–Kier alpha value is -3.37. The lowest BCUT2D eigenvalue weighted by Gasteiger charge is -2.29. The summed E-state index contributed by atoms with van der Waals surface area (Å²) < 4.78 is 42.1. The molecule has 1 aliphatic rings. The Bertz CT molecular complexity index is 1030. The number of aromatic nitrogens is 2. The van der Waals surface area contributed by atoms with Crippen LogP contribution in [0.1, 0.15) is 12.5 Å². The molecule has 3 rings (SSSR count). The maximum atomic E-state index is 13.8. The predicted molar refractivity (Wildman–Crippen MR) is 82.8 cm³/mol. The molecule has 0 spiro atoms. The third-order valence-corrected chi connectivity index (χ3v) is 3.86. The smallest absolute Gasteiger partial charge is 0.331 e. The molecule has 136 valence electrons. The Kier molecular flexibility index (Phi) is 3.74. The van der Waals surface area contributed by atoms with Crippen LogP contribution in [0.4, 0.5) is 19.0 Å². The average molecular weight is 368 g/mol. The number of rotatable bonds is 2. The third-order valence-electron chi connectivity index (χ3n) is 3.86. The number of alkyl halides is 3. The minimum atomic E-state index is -5.33. The lowest BCUT2D eigenvalue weighted by molar-refractivity contribution is -0.200. The highest BCUT2D eigenvalue weighted by atomic mass is 19.4. The summed E-state index contributed by atoms with van der Waals surface area (Å²) in [7, 11) is 0. The molecule has 2 amide bonds. The van der Waals surface area contributed by atoms with Gasteiger partial charge in [-0.25, -0.2) is 9.36 Å². The van der Waals surface area contributed by atoms with E-state index in [9.17, 15) is 32.3 Å². The highest BCUT2D eigenvalue weighted by Gasteiger charge is 2.68. The van der Waals surface area contributed by atoms with Gasteiger partial charge in [0.2, 0.25) is 11.4 Å². The van der Waals surface area contributed by atoms with Gasteiger partial charge in [0, 0.05) is 6.92 Å². The van der Waals surface area contributed by atoms with Gasteiger partial charge < -0.3 is 10.6 Å². The van der Waals surface area contributed by atoms with Gasteiger partial charge in [-0.15, -0.1) is 0 Å². The summed E-state index contributed by atoms with van der Waals surface area (Å²) >= 11 is 0. The third kappa shape index (κ3) is 2.31. The molecular formula is C15H11F3N4O4. The molecule has 11 heteroatoms. The van der Waals surface area contributed by atoms with E-state index in [0.717, 1.165) is 11.5 Å². The van der Waals surface area contributed by atoms with Crippen molar-refractivity contribution in [2.24, 2.45) is 0 Å². The van der Waals surface area contributed by atoms with Crippen LogP contribution in [0, 0.1) is 0 Å². The fourth-order valence-electron chi connectivity index (χ4n) is 2.87. The number of hydrogen-bond donors (Lipinski definition) is 3. The van der Waals surface area contributed by atoms with E-state index in [1.54, 1.807) is 11.1 Å². The SMILES string of the molecule is CC(=O)N[C@@]1(C(F)(F)F)C(=O)Nc2c1c(=O)[nH]c(=O)n2-c1ccccc1. The molecule has 0 bridgehead atoms. The zero-order valence-corrected chi connectivity index (χ0v) is 13.1. The lowest BCUT2D eigenvalue weighted by Crippen LogP contribution is -2.61. The summed E-state index contributed by atoms with van der Waals surface area (Å²) in [4.78, 5) is 49.8. The van der Waals surface area contributed by atoms with E-state index in [4.69, 9.17) is 0 Å². The van der Waals surface area contributed by atoms with Crippen LogP contribution in [-0.4, -0.2) is 27.5 Å². The Morgan fingerprint density at radius 2 is 1.77 bits per heavy atom. The monoisotopic (exact) mass is 368 g/mol. The number of H-pyrrole nitrogens is 1. The van der Waals surface area contributed by atoms with Crippen molar-refractivity contribution in [2.45, 2.75) is 18.6 Å².